The van der Waals surface area contributed by atoms with Crippen LogP contribution in [0.1, 0.15) is 18.5 Å². The first-order valence-electron chi connectivity index (χ1n) is 8.03. The molecule has 3 aromatic rings. The van der Waals surface area contributed by atoms with Gasteiger partial charge in [-0.1, -0.05) is 11.6 Å². The lowest BCUT2D eigenvalue weighted by Gasteiger charge is -2.32. The number of hydrogen-bond donors (Lipinski definition) is 1. The minimum atomic E-state index is 0.298. The van der Waals surface area contributed by atoms with E-state index in [1.54, 1.807) is 12.4 Å². The molecule has 1 atom stereocenters. The Morgan fingerprint density at radius 2 is 2.21 bits per heavy atom. The smallest absolute Gasteiger partial charge is 0.298 e. The van der Waals surface area contributed by atoms with E-state index < -0.39 is 0 Å². The minimum Gasteiger partial charge on any atom is -0.423 e. The Bertz CT molecular complexity index is 865. The van der Waals surface area contributed by atoms with Crippen LogP contribution in [0.25, 0.3) is 11.1 Å². The Morgan fingerprint density at radius 3 is 3.08 bits per heavy atom. The fraction of sp³-hybridized carbons (Fsp3) is 0.353. The van der Waals surface area contributed by atoms with Crippen molar-refractivity contribution in [1.82, 2.24) is 15.0 Å². The maximum Gasteiger partial charge on any atom is 0.298 e. The van der Waals surface area contributed by atoms with Crippen LogP contribution in [0, 0.1) is 6.92 Å². The zero-order valence-corrected chi connectivity index (χ0v) is 14.1. The average molecular weight is 344 g/mol. The van der Waals surface area contributed by atoms with Crippen LogP contribution in [-0.2, 0) is 0 Å². The molecule has 0 spiro atoms. The summed E-state index contributed by atoms with van der Waals surface area (Å²) in [6.07, 6.45) is 3.75. The van der Waals surface area contributed by atoms with Crippen LogP contribution in [0.2, 0.25) is 5.02 Å². The van der Waals surface area contributed by atoms with Gasteiger partial charge in [0, 0.05) is 42.0 Å². The summed E-state index contributed by atoms with van der Waals surface area (Å²) in [4.78, 5) is 15.2. The van der Waals surface area contributed by atoms with Crippen LogP contribution in [0.4, 0.5) is 11.8 Å². The highest BCUT2D eigenvalue weighted by Crippen LogP contribution is 2.27. The molecular weight excluding hydrogens is 326 g/mol. The van der Waals surface area contributed by atoms with E-state index in [-0.39, 0.29) is 0 Å². The third-order valence-electron chi connectivity index (χ3n) is 4.19. The van der Waals surface area contributed by atoms with Crippen molar-refractivity contribution in [3.05, 3.63) is 41.3 Å². The highest BCUT2D eigenvalue weighted by molar-refractivity contribution is 6.31. The Hall–Kier alpha value is -2.34. The van der Waals surface area contributed by atoms with Gasteiger partial charge in [0.2, 0.25) is 0 Å². The summed E-state index contributed by atoms with van der Waals surface area (Å²) in [6, 6.07) is 8.42. The van der Waals surface area contributed by atoms with Crippen molar-refractivity contribution < 1.29 is 4.42 Å². The van der Waals surface area contributed by atoms with Crippen molar-refractivity contribution in [1.29, 1.82) is 0 Å². The molecule has 124 valence electrons. The van der Waals surface area contributed by atoms with Gasteiger partial charge in [0.1, 0.15) is 17.7 Å². The molecule has 1 aliphatic heterocycles. The summed E-state index contributed by atoms with van der Waals surface area (Å²) >= 11 is 6.02. The van der Waals surface area contributed by atoms with Crippen LogP contribution < -0.4 is 10.2 Å². The second-order valence-corrected chi connectivity index (χ2v) is 6.52. The predicted molar refractivity (Wildman–Crippen MR) is 94.6 cm³/mol. The average Bonchev–Trinajstić information content (AvgIpc) is 2.98. The molecule has 24 heavy (non-hydrogen) atoms. The van der Waals surface area contributed by atoms with Crippen LogP contribution in [0.3, 0.4) is 0 Å². The molecule has 6 nitrogen and oxygen atoms in total. The van der Waals surface area contributed by atoms with Crippen molar-refractivity contribution in [3.63, 3.8) is 0 Å². The van der Waals surface area contributed by atoms with Crippen molar-refractivity contribution in [2.24, 2.45) is 0 Å². The standard InChI is InChI=1S/C17H18ClN5O/c1-11-7-16(20-10-19-11)21-13-3-2-6-23(9-13)17-22-14-5-4-12(18)8-15(14)24-17/h4-5,7-8,10,13H,2-3,6,9H2,1H3,(H,19,20,21). The SMILES string of the molecule is Cc1cc(NC2CCCN(c3nc4ccc(Cl)cc4o3)C2)ncn1. The quantitative estimate of drug-likeness (QED) is 0.782. The normalized spacial score (nSPS) is 18.1. The molecule has 4 rings (SSSR count). The van der Waals surface area contributed by atoms with Gasteiger partial charge in [0.25, 0.3) is 6.01 Å². The second-order valence-electron chi connectivity index (χ2n) is 6.08. The summed E-state index contributed by atoms with van der Waals surface area (Å²) in [5, 5.41) is 4.14. The maximum atomic E-state index is 6.02. The van der Waals surface area contributed by atoms with Crippen LogP contribution >= 0.6 is 11.6 Å². The molecule has 1 N–H and O–H groups in total. The zero-order chi connectivity index (χ0) is 16.5. The van der Waals surface area contributed by atoms with E-state index in [1.807, 2.05) is 25.1 Å². The van der Waals surface area contributed by atoms with Crippen molar-refractivity contribution >= 4 is 34.5 Å². The molecular formula is C17H18ClN5O. The third-order valence-corrected chi connectivity index (χ3v) is 4.42. The van der Waals surface area contributed by atoms with Gasteiger partial charge < -0.3 is 14.6 Å². The number of benzene rings is 1. The Morgan fingerprint density at radius 1 is 1.29 bits per heavy atom. The van der Waals surface area contributed by atoms with Crippen LogP contribution in [0.15, 0.2) is 35.0 Å². The number of oxazole rings is 1. The Labute approximate surface area is 144 Å². The van der Waals surface area contributed by atoms with Gasteiger partial charge in [0.05, 0.1) is 0 Å². The second kappa shape index (κ2) is 6.28. The van der Waals surface area contributed by atoms with E-state index in [0.29, 0.717) is 17.1 Å². The number of rotatable bonds is 3. The first-order valence-corrected chi connectivity index (χ1v) is 8.41. The number of piperidine rings is 1. The summed E-state index contributed by atoms with van der Waals surface area (Å²) < 4.78 is 5.88. The largest absolute Gasteiger partial charge is 0.423 e. The van der Waals surface area contributed by atoms with E-state index in [1.165, 1.54) is 0 Å². The van der Waals surface area contributed by atoms with Crippen molar-refractivity contribution in [2.45, 2.75) is 25.8 Å². The zero-order valence-electron chi connectivity index (χ0n) is 13.4. The first-order chi connectivity index (χ1) is 11.7. The monoisotopic (exact) mass is 343 g/mol. The highest BCUT2D eigenvalue weighted by atomic mass is 35.5. The Balaban J connectivity index is 1.51. The molecule has 0 aliphatic carbocycles. The molecule has 1 unspecified atom stereocenters. The van der Waals surface area contributed by atoms with Gasteiger partial charge in [0.15, 0.2) is 5.58 Å². The molecule has 2 aromatic heterocycles. The van der Waals surface area contributed by atoms with E-state index in [9.17, 15) is 0 Å². The number of halogens is 1. The molecule has 0 saturated carbocycles. The van der Waals surface area contributed by atoms with Crippen molar-refractivity contribution in [2.75, 3.05) is 23.3 Å². The fourth-order valence-electron chi connectivity index (χ4n) is 3.03. The number of nitrogens with zero attached hydrogens (tertiary/aromatic N) is 4. The molecule has 1 fully saturated rings. The van der Waals surface area contributed by atoms with E-state index in [4.69, 9.17) is 16.0 Å². The molecule has 0 amide bonds. The number of hydrogen-bond acceptors (Lipinski definition) is 6. The molecule has 1 aromatic carbocycles. The summed E-state index contributed by atoms with van der Waals surface area (Å²) in [5.74, 6) is 0.860. The molecule has 3 heterocycles. The predicted octanol–water partition coefficient (Wildman–Crippen LogP) is 3.66. The molecule has 0 bridgehead atoms. The van der Waals surface area contributed by atoms with Gasteiger partial charge in [-0.25, -0.2) is 9.97 Å². The van der Waals surface area contributed by atoms with Gasteiger partial charge in [-0.15, -0.1) is 0 Å². The Kier molecular flexibility index (Phi) is 3.98. The van der Waals surface area contributed by atoms with E-state index in [2.05, 4.69) is 25.2 Å². The maximum absolute atomic E-state index is 6.02. The van der Waals surface area contributed by atoms with E-state index >= 15 is 0 Å². The fourth-order valence-corrected chi connectivity index (χ4v) is 3.19. The minimum absolute atomic E-state index is 0.298. The lowest BCUT2D eigenvalue weighted by molar-refractivity contribution is 0.482. The highest BCUT2D eigenvalue weighted by Gasteiger charge is 2.23. The van der Waals surface area contributed by atoms with Crippen LogP contribution in [-0.4, -0.2) is 34.1 Å². The third kappa shape index (κ3) is 3.14. The topological polar surface area (TPSA) is 67.1 Å². The van der Waals surface area contributed by atoms with Crippen LogP contribution in [0.5, 0.6) is 0 Å². The van der Waals surface area contributed by atoms with Gasteiger partial charge >= 0.3 is 0 Å². The van der Waals surface area contributed by atoms with E-state index in [0.717, 1.165) is 48.5 Å². The van der Waals surface area contributed by atoms with Gasteiger partial charge in [-0.05, 0) is 31.9 Å². The first kappa shape index (κ1) is 15.2. The molecule has 0 radical (unpaired) electrons. The number of aromatic nitrogens is 3. The number of fused-ring (bicyclic) bond motifs is 1. The van der Waals surface area contributed by atoms with Gasteiger partial charge in [-0.2, -0.15) is 4.98 Å². The summed E-state index contributed by atoms with van der Waals surface area (Å²) in [7, 11) is 0. The number of aryl methyl sites for hydroxylation is 1. The lowest BCUT2D eigenvalue weighted by atomic mass is 10.1. The molecule has 1 saturated heterocycles. The summed E-state index contributed by atoms with van der Waals surface area (Å²) in [6.45, 7) is 3.72. The molecule has 1 aliphatic rings. The number of nitrogens with one attached hydrogen (secondary N) is 1. The summed E-state index contributed by atoms with van der Waals surface area (Å²) in [5.41, 5.74) is 2.51. The molecule has 7 heteroatoms. The van der Waals surface area contributed by atoms with Gasteiger partial charge in [-0.3, -0.25) is 0 Å². The number of anilines is 2. The lowest BCUT2D eigenvalue weighted by Crippen LogP contribution is -2.42. The van der Waals surface area contributed by atoms with Crippen molar-refractivity contribution in [3.8, 4) is 0 Å².